The molecule has 5 heteroatoms. The fourth-order valence-corrected chi connectivity index (χ4v) is 8.04. The minimum atomic E-state index is 0.633. The number of nitrogens with zero attached hydrogens (tertiary/aromatic N) is 5. The second-order valence-electron chi connectivity index (χ2n) is 13.7. The summed E-state index contributed by atoms with van der Waals surface area (Å²) in [6.45, 7) is 0. The fourth-order valence-electron chi connectivity index (χ4n) is 8.04. The lowest BCUT2D eigenvalue weighted by molar-refractivity contribution is 1.07. The molecule has 3 heterocycles. The molecular weight excluding hydrogens is 659 g/mol. The van der Waals surface area contributed by atoms with Crippen molar-refractivity contribution in [3.05, 3.63) is 188 Å². The summed E-state index contributed by atoms with van der Waals surface area (Å²) >= 11 is 0. The molecule has 0 aliphatic heterocycles. The molecule has 0 fully saturated rings. The number of hydrogen-bond acceptors (Lipinski definition) is 3. The Labute approximate surface area is 311 Å². The molecule has 0 saturated carbocycles. The number of para-hydroxylation sites is 2. The first-order valence-corrected chi connectivity index (χ1v) is 18.2. The van der Waals surface area contributed by atoms with Crippen LogP contribution in [0.3, 0.4) is 0 Å². The Hall–Kier alpha value is -7.37. The lowest BCUT2D eigenvalue weighted by Gasteiger charge is -2.13. The third kappa shape index (κ3) is 4.76. The van der Waals surface area contributed by atoms with E-state index in [4.69, 9.17) is 15.0 Å². The van der Waals surface area contributed by atoms with Crippen molar-refractivity contribution in [1.29, 1.82) is 0 Å². The van der Waals surface area contributed by atoms with E-state index in [1.807, 2.05) is 60.7 Å². The molecule has 0 spiro atoms. The first-order chi connectivity index (χ1) is 26.8. The average molecular weight is 690 g/mol. The third-order valence-corrected chi connectivity index (χ3v) is 10.5. The second kappa shape index (κ2) is 12.1. The van der Waals surface area contributed by atoms with Crippen LogP contribution in [-0.4, -0.2) is 24.1 Å². The predicted octanol–water partition coefficient (Wildman–Crippen LogP) is 12.2. The van der Waals surface area contributed by atoms with Crippen molar-refractivity contribution in [2.24, 2.45) is 0 Å². The number of hydrogen-bond donors (Lipinski definition) is 0. The van der Waals surface area contributed by atoms with Crippen LogP contribution in [0.2, 0.25) is 0 Å². The maximum absolute atomic E-state index is 5.00. The summed E-state index contributed by atoms with van der Waals surface area (Å²) in [5.41, 5.74) is 9.71. The summed E-state index contributed by atoms with van der Waals surface area (Å²) in [5.74, 6) is 1.93. The number of fused-ring (bicyclic) bond motifs is 8. The molecular formula is C49H31N5. The van der Waals surface area contributed by atoms with Gasteiger partial charge in [-0.3, -0.25) is 0 Å². The summed E-state index contributed by atoms with van der Waals surface area (Å²) in [7, 11) is 0. The normalized spacial score (nSPS) is 11.7. The molecule has 0 radical (unpaired) electrons. The Morgan fingerprint density at radius 3 is 1.35 bits per heavy atom. The van der Waals surface area contributed by atoms with Crippen LogP contribution in [0.15, 0.2) is 188 Å². The first kappa shape index (κ1) is 30.3. The summed E-state index contributed by atoms with van der Waals surface area (Å²) in [6.07, 6.45) is 0. The first-order valence-electron chi connectivity index (χ1n) is 18.2. The van der Waals surface area contributed by atoms with Crippen LogP contribution < -0.4 is 0 Å². The highest BCUT2D eigenvalue weighted by molar-refractivity contribution is 6.25. The Balaban J connectivity index is 1.18. The van der Waals surface area contributed by atoms with E-state index in [1.54, 1.807) is 0 Å². The molecule has 3 aromatic heterocycles. The van der Waals surface area contributed by atoms with Gasteiger partial charge in [0, 0.05) is 49.6 Å². The van der Waals surface area contributed by atoms with Gasteiger partial charge < -0.3 is 9.13 Å². The van der Waals surface area contributed by atoms with Crippen LogP contribution in [0.5, 0.6) is 0 Å². The molecule has 0 saturated heterocycles. The molecule has 0 N–H and O–H groups in total. The van der Waals surface area contributed by atoms with Crippen molar-refractivity contribution in [3.8, 4) is 45.5 Å². The Bertz CT molecular complexity index is 3120. The van der Waals surface area contributed by atoms with Crippen LogP contribution >= 0.6 is 0 Å². The van der Waals surface area contributed by atoms with Crippen molar-refractivity contribution < 1.29 is 0 Å². The van der Waals surface area contributed by atoms with Crippen molar-refractivity contribution in [2.75, 3.05) is 0 Å². The summed E-state index contributed by atoms with van der Waals surface area (Å²) < 4.78 is 4.87. The van der Waals surface area contributed by atoms with Gasteiger partial charge in [-0.1, -0.05) is 133 Å². The number of rotatable bonds is 5. The summed E-state index contributed by atoms with van der Waals surface area (Å²) in [5, 5.41) is 7.31. The van der Waals surface area contributed by atoms with E-state index in [0.29, 0.717) is 17.5 Å². The van der Waals surface area contributed by atoms with E-state index < -0.39 is 0 Å². The summed E-state index contributed by atoms with van der Waals surface area (Å²) in [6, 6.07) is 66.3. The van der Waals surface area contributed by atoms with Gasteiger partial charge >= 0.3 is 0 Å². The molecule has 5 nitrogen and oxygen atoms in total. The van der Waals surface area contributed by atoms with E-state index in [2.05, 4.69) is 137 Å². The molecule has 0 aliphatic rings. The van der Waals surface area contributed by atoms with Gasteiger partial charge in [0.2, 0.25) is 0 Å². The Morgan fingerprint density at radius 2 is 0.741 bits per heavy atom. The van der Waals surface area contributed by atoms with E-state index in [1.165, 1.54) is 48.9 Å². The van der Waals surface area contributed by atoms with Crippen LogP contribution in [0, 0.1) is 0 Å². The average Bonchev–Trinajstić information content (AvgIpc) is 3.76. The van der Waals surface area contributed by atoms with Gasteiger partial charge in [-0.2, -0.15) is 0 Å². The molecule has 8 aromatic carbocycles. The molecule has 252 valence electrons. The quantitative estimate of drug-likeness (QED) is 0.181. The Morgan fingerprint density at radius 1 is 0.296 bits per heavy atom. The maximum atomic E-state index is 5.00. The molecule has 11 rings (SSSR count). The highest BCUT2D eigenvalue weighted by atomic mass is 15.1. The lowest BCUT2D eigenvalue weighted by Crippen LogP contribution is -2.01. The molecule has 0 unspecified atom stereocenters. The van der Waals surface area contributed by atoms with E-state index in [0.717, 1.165) is 33.6 Å². The van der Waals surface area contributed by atoms with Crippen molar-refractivity contribution >= 4 is 54.4 Å². The Kier molecular flexibility index (Phi) is 6.79. The monoisotopic (exact) mass is 689 g/mol. The fraction of sp³-hybridized carbons (Fsp3) is 0. The van der Waals surface area contributed by atoms with Gasteiger partial charge in [-0.25, -0.2) is 15.0 Å². The predicted molar refractivity (Wildman–Crippen MR) is 222 cm³/mol. The molecule has 0 bridgehead atoms. The van der Waals surface area contributed by atoms with Crippen molar-refractivity contribution in [1.82, 2.24) is 24.1 Å². The van der Waals surface area contributed by atoms with Gasteiger partial charge in [0.05, 0.1) is 22.1 Å². The van der Waals surface area contributed by atoms with Crippen LogP contribution in [0.1, 0.15) is 0 Å². The zero-order valence-electron chi connectivity index (χ0n) is 29.1. The second-order valence-corrected chi connectivity index (χ2v) is 13.7. The zero-order valence-corrected chi connectivity index (χ0v) is 29.1. The van der Waals surface area contributed by atoms with Crippen LogP contribution in [-0.2, 0) is 0 Å². The minimum absolute atomic E-state index is 0.633. The molecule has 11 aromatic rings. The molecule has 0 atom stereocenters. The third-order valence-electron chi connectivity index (χ3n) is 10.5. The SMILES string of the molecule is c1ccc(-c2nc(-c3ccccc3)nc(-c3ccc(-n4c5cc6ccccc6cc5c5ccc6c7ccccc7n(-c7ccccc7)c6c54)cc3)n2)cc1. The minimum Gasteiger partial charge on any atom is -0.307 e. The zero-order chi connectivity index (χ0) is 35.6. The lowest BCUT2D eigenvalue weighted by atomic mass is 10.1. The van der Waals surface area contributed by atoms with E-state index in [9.17, 15) is 0 Å². The number of aromatic nitrogens is 5. The highest BCUT2D eigenvalue weighted by Crippen LogP contribution is 2.42. The smallest absolute Gasteiger partial charge is 0.164 e. The van der Waals surface area contributed by atoms with Gasteiger partial charge in [0.1, 0.15) is 0 Å². The van der Waals surface area contributed by atoms with E-state index >= 15 is 0 Å². The van der Waals surface area contributed by atoms with E-state index in [-0.39, 0.29) is 0 Å². The van der Waals surface area contributed by atoms with Gasteiger partial charge in [-0.05, 0) is 65.4 Å². The maximum Gasteiger partial charge on any atom is 0.164 e. The van der Waals surface area contributed by atoms with Gasteiger partial charge in [-0.15, -0.1) is 0 Å². The largest absolute Gasteiger partial charge is 0.307 e. The van der Waals surface area contributed by atoms with Crippen molar-refractivity contribution in [2.45, 2.75) is 0 Å². The number of benzene rings is 8. The van der Waals surface area contributed by atoms with Crippen molar-refractivity contribution in [3.63, 3.8) is 0 Å². The molecule has 54 heavy (non-hydrogen) atoms. The molecule has 0 aliphatic carbocycles. The topological polar surface area (TPSA) is 48.5 Å². The molecule has 0 amide bonds. The van der Waals surface area contributed by atoms with Gasteiger partial charge in [0.25, 0.3) is 0 Å². The highest BCUT2D eigenvalue weighted by Gasteiger charge is 2.22. The van der Waals surface area contributed by atoms with Gasteiger partial charge in [0.15, 0.2) is 17.5 Å². The summed E-state index contributed by atoms with van der Waals surface area (Å²) in [4.78, 5) is 14.9. The van der Waals surface area contributed by atoms with Crippen LogP contribution in [0.4, 0.5) is 0 Å². The van der Waals surface area contributed by atoms with Crippen LogP contribution in [0.25, 0.3) is 99.9 Å². The standard InChI is InChI=1S/C49H31N5/c1-4-14-32(15-5-1)47-50-48(33-16-6-2-7-17-33)52-49(51-47)34-24-26-38(27-25-34)54-44-31-36-19-11-10-18-35(36)30-42(44)41-29-28-40-39-22-12-13-23-43(39)53(45(40)46(41)54)37-20-8-3-9-21-37/h1-31H.